The van der Waals surface area contributed by atoms with Crippen LogP contribution in [0.2, 0.25) is 0 Å². The minimum atomic E-state index is -0.583. The number of carbonyl (C=O) groups is 2. The average molecular weight is 374 g/mol. The van der Waals surface area contributed by atoms with Crippen LogP contribution in [0.5, 0.6) is 0 Å². The van der Waals surface area contributed by atoms with Crippen molar-refractivity contribution in [2.75, 3.05) is 26.0 Å². The summed E-state index contributed by atoms with van der Waals surface area (Å²) < 4.78 is 0. The quantitative estimate of drug-likeness (QED) is 0.640. The van der Waals surface area contributed by atoms with Crippen LogP contribution in [0.1, 0.15) is 20.7 Å². The molecule has 0 fully saturated rings. The molecule has 0 saturated heterocycles. The van der Waals surface area contributed by atoms with Crippen molar-refractivity contribution >= 4 is 17.6 Å². The largest absolute Gasteiger partial charge is 0.378 e. The van der Waals surface area contributed by atoms with E-state index in [1.807, 2.05) is 73.6 Å². The first-order valence-electron chi connectivity index (χ1n) is 8.89. The molecule has 0 aliphatic carbocycles. The maximum Gasteiger partial charge on any atom is 0.363 e. The molecule has 3 rings (SSSR count). The highest BCUT2D eigenvalue weighted by Crippen LogP contribution is 2.24. The monoisotopic (exact) mass is 374 g/mol. The SMILES string of the molecule is CN(OC(=O)c1ccccc1-c1ccccc1)C(=O)c1ccc(N(C)C)cc1. The molecule has 0 aliphatic heterocycles. The van der Waals surface area contributed by atoms with E-state index < -0.39 is 11.9 Å². The highest BCUT2D eigenvalue weighted by molar-refractivity contribution is 5.99. The van der Waals surface area contributed by atoms with Crippen molar-refractivity contribution in [3.63, 3.8) is 0 Å². The van der Waals surface area contributed by atoms with E-state index >= 15 is 0 Å². The highest BCUT2D eigenvalue weighted by Gasteiger charge is 2.20. The zero-order valence-electron chi connectivity index (χ0n) is 16.1. The minimum absolute atomic E-state index is 0.393. The third-order valence-corrected chi connectivity index (χ3v) is 4.37. The molecule has 28 heavy (non-hydrogen) atoms. The van der Waals surface area contributed by atoms with Crippen molar-refractivity contribution in [2.45, 2.75) is 0 Å². The van der Waals surface area contributed by atoms with Gasteiger partial charge in [-0.15, -0.1) is 0 Å². The maximum atomic E-state index is 12.7. The summed E-state index contributed by atoms with van der Waals surface area (Å²) in [6.45, 7) is 0. The molecule has 0 N–H and O–H groups in total. The van der Waals surface area contributed by atoms with E-state index in [1.165, 1.54) is 7.05 Å². The minimum Gasteiger partial charge on any atom is -0.378 e. The fourth-order valence-electron chi connectivity index (χ4n) is 2.83. The smallest absolute Gasteiger partial charge is 0.363 e. The Morgan fingerprint density at radius 1 is 0.750 bits per heavy atom. The fourth-order valence-corrected chi connectivity index (χ4v) is 2.83. The molecule has 0 heterocycles. The van der Waals surface area contributed by atoms with Crippen LogP contribution in [0.25, 0.3) is 11.1 Å². The van der Waals surface area contributed by atoms with E-state index in [0.717, 1.165) is 21.9 Å². The highest BCUT2D eigenvalue weighted by atomic mass is 16.7. The second-order valence-corrected chi connectivity index (χ2v) is 6.53. The molecule has 1 amide bonds. The van der Waals surface area contributed by atoms with Gasteiger partial charge in [-0.1, -0.05) is 48.5 Å². The molecule has 5 heteroatoms. The molecule has 0 saturated carbocycles. The molecule has 0 radical (unpaired) electrons. The molecule has 142 valence electrons. The topological polar surface area (TPSA) is 49.9 Å². The third kappa shape index (κ3) is 4.20. The molecule has 0 bridgehead atoms. The average Bonchev–Trinajstić information content (AvgIpc) is 2.73. The van der Waals surface area contributed by atoms with E-state index in [9.17, 15) is 9.59 Å². The Balaban J connectivity index is 1.77. The second kappa shape index (κ2) is 8.39. The van der Waals surface area contributed by atoms with Gasteiger partial charge in [0.05, 0.1) is 5.56 Å². The normalized spacial score (nSPS) is 10.2. The lowest BCUT2D eigenvalue weighted by atomic mass is 10.00. The van der Waals surface area contributed by atoms with Crippen molar-refractivity contribution in [2.24, 2.45) is 0 Å². The predicted molar refractivity (Wildman–Crippen MR) is 110 cm³/mol. The summed E-state index contributed by atoms with van der Waals surface area (Å²) in [7, 11) is 5.29. The van der Waals surface area contributed by atoms with Gasteiger partial charge in [0.1, 0.15) is 0 Å². The lowest BCUT2D eigenvalue weighted by molar-refractivity contribution is -0.0657. The Labute approximate surface area is 164 Å². The van der Waals surface area contributed by atoms with Crippen LogP contribution in [0.3, 0.4) is 0 Å². The summed E-state index contributed by atoms with van der Waals surface area (Å²) in [4.78, 5) is 32.6. The second-order valence-electron chi connectivity index (χ2n) is 6.53. The summed E-state index contributed by atoms with van der Waals surface area (Å²) in [5.74, 6) is -0.976. The number of hydrogen-bond acceptors (Lipinski definition) is 4. The first-order chi connectivity index (χ1) is 13.5. The molecule has 5 nitrogen and oxygen atoms in total. The number of hydroxylamine groups is 2. The number of anilines is 1. The van der Waals surface area contributed by atoms with Gasteiger partial charge in [-0.05, 0) is 41.5 Å². The van der Waals surface area contributed by atoms with Crippen LogP contribution in [0.4, 0.5) is 5.69 Å². The first-order valence-corrected chi connectivity index (χ1v) is 8.89. The van der Waals surface area contributed by atoms with Crippen molar-refractivity contribution in [3.8, 4) is 11.1 Å². The van der Waals surface area contributed by atoms with Crippen LogP contribution in [0, 0.1) is 0 Å². The van der Waals surface area contributed by atoms with E-state index in [2.05, 4.69) is 0 Å². The Hall–Kier alpha value is -3.60. The summed E-state index contributed by atoms with van der Waals surface area (Å²) in [6, 6.07) is 23.8. The fraction of sp³-hybridized carbons (Fsp3) is 0.130. The van der Waals surface area contributed by atoms with E-state index in [0.29, 0.717) is 11.1 Å². The number of rotatable bonds is 4. The zero-order chi connectivity index (χ0) is 20.1. The van der Waals surface area contributed by atoms with Gasteiger partial charge < -0.3 is 9.74 Å². The van der Waals surface area contributed by atoms with E-state index in [-0.39, 0.29) is 0 Å². The third-order valence-electron chi connectivity index (χ3n) is 4.37. The summed E-state index contributed by atoms with van der Waals surface area (Å²) >= 11 is 0. The summed E-state index contributed by atoms with van der Waals surface area (Å²) in [6.07, 6.45) is 0. The van der Waals surface area contributed by atoms with Crippen molar-refractivity contribution in [1.82, 2.24) is 5.06 Å². The Morgan fingerprint density at radius 2 is 1.36 bits per heavy atom. The molecule has 0 aromatic heterocycles. The number of amides is 1. The van der Waals surface area contributed by atoms with Gasteiger partial charge in [0.15, 0.2) is 0 Å². The lowest BCUT2D eigenvalue weighted by Crippen LogP contribution is -2.30. The zero-order valence-corrected chi connectivity index (χ0v) is 16.1. The van der Waals surface area contributed by atoms with Crippen LogP contribution < -0.4 is 4.90 Å². The standard InChI is InChI=1S/C23H22N2O3/c1-24(2)19-15-13-18(14-16-19)22(26)25(3)28-23(27)21-12-8-7-11-20(21)17-9-5-4-6-10-17/h4-16H,1-3H3. The number of nitrogens with zero attached hydrogens (tertiary/aromatic N) is 2. The molecule has 0 spiro atoms. The van der Waals surface area contributed by atoms with Crippen LogP contribution in [-0.2, 0) is 4.84 Å². The predicted octanol–water partition coefficient (Wildman–Crippen LogP) is 4.26. The van der Waals surface area contributed by atoms with Gasteiger partial charge in [0, 0.05) is 32.4 Å². The van der Waals surface area contributed by atoms with Gasteiger partial charge in [0.25, 0.3) is 5.91 Å². The number of hydrogen-bond donors (Lipinski definition) is 0. The van der Waals surface area contributed by atoms with Gasteiger partial charge >= 0.3 is 5.97 Å². The molecule has 3 aromatic rings. The molecular weight excluding hydrogens is 352 g/mol. The van der Waals surface area contributed by atoms with Crippen molar-refractivity contribution < 1.29 is 14.4 Å². The van der Waals surface area contributed by atoms with Crippen LogP contribution >= 0.6 is 0 Å². The maximum absolute atomic E-state index is 12.7. The first kappa shape index (κ1) is 19.2. The van der Waals surface area contributed by atoms with Crippen molar-refractivity contribution in [1.29, 1.82) is 0 Å². The van der Waals surface area contributed by atoms with E-state index in [1.54, 1.807) is 24.3 Å². The van der Waals surface area contributed by atoms with E-state index in [4.69, 9.17) is 4.84 Å². The molecule has 3 aromatic carbocycles. The van der Waals surface area contributed by atoms with Crippen LogP contribution in [-0.4, -0.2) is 38.1 Å². The number of benzene rings is 3. The molecule has 0 unspecified atom stereocenters. The molecule has 0 atom stereocenters. The Morgan fingerprint density at radius 3 is 2.00 bits per heavy atom. The van der Waals surface area contributed by atoms with Crippen LogP contribution in [0.15, 0.2) is 78.9 Å². The van der Waals surface area contributed by atoms with Crippen molar-refractivity contribution in [3.05, 3.63) is 90.0 Å². The van der Waals surface area contributed by atoms with Gasteiger partial charge in [-0.2, -0.15) is 5.06 Å². The Bertz CT molecular complexity index is 967. The molecule has 0 aliphatic rings. The summed E-state index contributed by atoms with van der Waals surface area (Å²) in [5, 5.41) is 0.967. The summed E-state index contributed by atoms with van der Waals surface area (Å²) in [5.41, 5.74) is 3.48. The number of carbonyl (C=O) groups excluding carboxylic acids is 2. The van der Waals surface area contributed by atoms with Gasteiger partial charge in [0.2, 0.25) is 0 Å². The van der Waals surface area contributed by atoms with Gasteiger partial charge in [-0.25, -0.2) is 4.79 Å². The van der Waals surface area contributed by atoms with Gasteiger partial charge in [-0.3, -0.25) is 4.79 Å². The lowest BCUT2D eigenvalue weighted by Gasteiger charge is -2.18. The Kier molecular flexibility index (Phi) is 5.75. The molecular formula is C23H22N2O3.